The quantitative estimate of drug-likeness (QED) is 0.536. The zero-order chi connectivity index (χ0) is 12.8. The van der Waals surface area contributed by atoms with Crippen molar-refractivity contribution in [2.24, 2.45) is 0 Å². The Hall–Kier alpha value is -1.14. The van der Waals surface area contributed by atoms with Crippen molar-refractivity contribution in [3.63, 3.8) is 0 Å². The SMILES string of the molecule is CC(C)OC(=O)[C@@H](CC(=O)[O-])[NH+]1CCOCC1. The molecule has 0 aromatic carbocycles. The Bertz CT molecular complexity index is 273. The third-order valence-electron chi connectivity index (χ3n) is 2.63. The molecule has 0 aromatic heterocycles. The minimum absolute atomic E-state index is 0.243. The van der Waals surface area contributed by atoms with Crippen LogP contribution in [0.15, 0.2) is 0 Å². The monoisotopic (exact) mass is 245 g/mol. The number of ether oxygens (including phenoxy) is 2. The van der Waals surface area contributed by atoms with Crippen LogP contribution in [0, 0.1) is 0 Å². The molecule has 0 spiro atoms. The van der Waals surface area contributed by atoms with E-state index >= 15 is 0 Å². The lowest BCUT2D eigenvalue weighted by atomic mass is 10.1. The second-order valence-electron chi connectivity index (χ2n) is 4.38. The lowest BCUT2D eigenvalue weighted by molar-refractivity contribution is -0.924. The minimum atomic E-state index is -1.23. The van der Waals surface area contributed by atoms with Crippen LogP contribution in [0.3, 0.4) is 0 Å². The summed E-state index contributed by atoms with van der Waals surface area (Å²) in [6, 6.07) is -0.689. The number of quaternary nitrogens is 1. The van der Waals surface area contributed by atoms with Gasteiger partial charge in [0, 0.05) is 5.97 Å². The van der Waals surface area contributed by atoms with Crippen LogP contribution >= 0.6 is 0 Å². The molecule has 0 aliphatic carbocycles. The standard InChI is InChI=1S/C11H19NO5/c1-8(2)17-11(15)9(7-10(13)14)12-3-5-16-6-4-12/h8-9H,3-7H2,1-2H3,(H,13,14)/t9-/m1/s1. The Morgan fingerprint density at radius 2 is 1.94 bits per heavy atom. The lowest BCUT2D eigenvalue weighted by Gasteiger charge is -2.30. The maximum Gasteiger partial charge on any atom is 0.365 e. The molecule has 0 amide bonds. The van der Waals surface area contributed by atoms with Crippen LogP contribution in [-0.4, -0.2) is 50.4 Å². The van der Waals surface area contributed by atoms with E-state index < -0.39 is 18.0 Å². The van der Waals surface area contributed by atoms with Gasteiger partial charge < -0.3 is 24.3 Å². The summed E-state index contributed by atoms with van der Waals surface area (Å²) >= 11 is 0. The predicted molar refractivity (Wildman–Crippen MR) is 56.2 cm³/mol. The average Bonchev–Trinajstić information content (AvgIpc) is 2.25. The summed E-state index contributed by atoms with van der Waals surface area (Å²) in [5, 5.41) is 10.7. The van der Waals surface area contributed by atoms with E-state index in [0.717, 1.165) is 4.90 Å². The first-order chi connectivity index (χ1) is 8.00. The Morgan fingerprint density at radius 1 is 1.35 bits per heavy atom. The van der Waals surface area contributed by atoms with Crippen LogP contribution in [-0.2, 0) is 19.1 Å². The van der Waals surface area contributed by atoms with Crippen LogP contribution in [0.4, 0.5) is 0 Å². The third kappa shape index (κ3) is 4.70. The lowest BCUT2D eigenvalue weighted by Crippen LogP contribution is -3.18. The first-order valence-electron chi connectivity index (χ1n) is 5.83. The number of carbonyl (C=O) groups is 2. The molecule has 1 heterocycles. The van der Waals surface area contributed by atoms with Gasteiger partial charge in [-0.05, 0) is 13.8 Å². The number of carboxylic acid groups (broad SMARTS) is 1. The number of carboxylic acids is 1. The fourth-order valence-electron chi connectivity index (χ4n) is 1.86. The normalized spacial score (nSPS) is 19.0. The van der Waals surface area contributed by atoms with Crippen molar-refractivity contribution in [3.8, 4) is 0 Å². The van der Waals surface area contributed by atoms with E-state index in [2.05, 4.69) is 0 Å². The average molecular weight is 245 g/mol. The Kier molecular flexibility index (Phi) is 5.37. The highest BCUT2D eigenvalue weighted by molar-refractivity contribution is 5.80. The summed E-state index contributed by atoms with van der Waals surface area (Å²) in [6.07, 6.45) is -0.548. The Labute approximate surface area is 100 Å². The number of esters is 1. The molecule has 0 aromatic rings. The maximum absolute atomic E-state index is 11.8. The van der Waals surface area contributed by atoms with Gasteiger partial charge in [-0.25, -0.2) is 4.79 Å². The number of carbonyl (C=O) groups excluding carboxylic acids is 2. The van der Waals surface area contributed by atoms with Gasteiger partial charge in [0.2, 0.25) is 0 Å². The van der Waals surface area contributed by atoms with Gasteiger partial charge in [0.05, 0.1) is 25.7 Å². The van der Waals surface area contributed by atoms with Gasteiger partial charge in [0.1, 0.15) is 13.1 Å². The molecule has 6 nitrogen and oxygen atoms in total. The molecule has 98 valence electrons. The van der Waals surface area contributed by atoms with Crippen molar-refractivity contribution >= 4 is 11.9 Å². The van der Waals surface area contributed by atoms with Crippen LogP contribution in [0.2, 0.25) is 0 Å². The van der Waals surface area contributed by atoms with E-state index in [1.165, 1.54) is 0 Å². The molecule has 0 unspecified atom stereocenters. The van der Waals surface area contributed by atoms with Crippen molar-refractivity contribution in [1.29, 1.82) is 0 Å². The largest absolute Gasteiger partial charge is 0.550 e. The number of rotatable bonds is 5. The van der Waals surface area contributed by atoms with Crippen molar-refractivity contribution in [2.75, 3.05) is 26.3 Å². The van der Waals surface area contributed by atoms with Gasteiger partial charge in [-0.15, -0.1) is 0 Å². The zero-order valence-electron chi connectivity index (χ0n) is 10.2. The molecule has 1 saturated heterocycles. The number of morpholine rings is 1. The fourth-order valence-corrected chi connectivity index (χ4v) is 1.86. The molecule has 6 heteroatoms. The van der Waals surface area contributed by atoms with E-state index in [-0.39, 0.29) is 12.5 Å². The van der Waals surface area contributed by atoms with Gasteiger partial charge >= 0.3 is 5.97 Å². The molecule has 1 aliphatic rings. The topological polar surface area (TPSA) is 80.1 Å². The van der Waals surface area contributed by atoms with Gasteiger partial charge in [-0.1, -0.05) is 0 Å². The third-order valence-corrected chi connectivity index (χ3v) is 2.63. The number of hydrogen-bond donors (Lipinski definition) is 1. The second kappa shape index (κ2) is 6.56. The first kappa shape index (κ1) is 13.9. The predicted octanol–water partition coefficient (Wildman–Crippen LogP) is -2.64. The number of aliphatic carboxylic acids is 1. The maximum atomic E-state index is 11.8. The molecule has 0 radical (unpaired) electrons. The summed E-state index contributed by atoms with van der Waals surface area (Å²) in [5.41, 5.74) is 0. The van der Waals surface area contributed by atoms with Crippen molar-refractivity contribution in [3.05, 3.63) is 0 Å². The molecule has 1 aliphatic heterocycles. The molecule has 1 rings (SSSR count). The van der Waals surface area contributed by atoms with Crippen LogP contribution < -0.4 is 10.0 Å². The minimum Gasteiger partial charge on any atom is -0.550 e. The molecule has 1 N–H and O–H groups in total. The van der Waals surface area contributed by atoms with E-state index in [0.29, 0.717) is 26.3 Å². The van der Waals surface area contributed by atoms with Crippen LogP contribution in [0.1, 0.15) is 20.3 Å². The summed E-state index contributed by atoms with van der Waals surface area (Å²) in [7, 11) is 0. The highest BCUT2D eigenvalue weighted by Crippen LogP contribution is 1.97. The first-order valence-corrected chi connectivity index (χ1v) is 5.83. The highest BCUT2D eigenvalue weighted by Gasteiger charge is 2.33. The molecule has 0 saturated carbocycles. The van der Waals surface area contributed by atoms with E-state index in [1.54, 1.807) is 13.8 Å². The van der Waals surface area contributed by atoms with E-state index in [4.69, 9.17) is 9.47 Å². The van der Waals surface area contributed by atoms with Crippen LogP contribution in [0.25, 0.3) is 0 Å². The van der Waals surface area contributed by atoms with E-state index in [1.807, 2.05) is 0 Å². The molecule has 1 fully saturated rings. The van der Waals surface area contributed by atoms with Gasteiger partial charge in [0.25, 0.3) is 0 Å². The summed E-state index contributed by atoms with van der Waals surface area (Å²) in [5.74, 6) is -1.70. The number of hydrogen-bond acceptors (Lipinski definition) is 5. The Morgan fingerprint density at radius 3 is 2.41 bits per heavy atom. The van der Waals surface area contributed by atoms with Crippen molar-refractivity contribution in [1.82, 2.24) is 0 Å². The summed E-state index contributed by atoms with van der Waals surface area (Å²) < 4.78 is 10.3. The summed E-state index contributed by atoms with van der Waals surface area (Å²) in [6.45, 7) is 5.78. The zero-order valence-corrected chi connectivity index (χ0v) is 10.2. The van der Waals surface area contributed by atoms with Gasteiger partial charge in [-0.2, -0.15) is 0 Å². The fraction of sp³-hybridized carbons (Fsp3) is 0.818. The van der Waals surface area contributed by atoms with Gasteiger partial charge in [0.15, 0.2) is 6.04 Å². The number of nitrogens with one attached hydrogen (secondary N) is 1. The Balaban J connectivity index is 2.64. The highest BCUT2D eigenvalue weighted by atomic mass is 16.5. The smallest absolute Gasteiger partial charge is 0.365 e. The molecular weight excluding hydrogens is 226 g/mol. The molecule has 17 heavy (non-hydrogen) atoms. The van der Waals surface area contributed by atoms with Crippen LogP contribution in [0.5, 0.6) is 0 Å². The molecule has 1 atom stereocenters. The van der Waals surface area contributed by atoms with Crippen molar-refractivity contribution in [2.45, 2.75) is 32.4 Å². The second-order valence-corrected chi connectivity index (χ2v) is 4.38. The van der Waals surface area contributed by atoms with Crippen molar-refractivity contribution < 1.29 is 29.1 Å². The molecular formula is C11H19NO5. The van der Waals surface area contributed by atoms with E-state index in [9.17, 15) is 14.7 Å². The molecule has 0 bridgehead atoms. The van der Waals surface area contributed by atoms with Gasteiger partial charge in [-0.3, -0.25) is 0 Å². The summed E-state index contributed by atoms with van der Waals surface area (Å²) in [4.78, 5) is 23.4.